The van der Waals surface area contributed by atoms with Crippen molar-refractivity contribution in [3.05, 3.63) is 70.3 Å². The van der Waals surface area contributed by atoms with Crippen molar-refractivity contribution in [2.24, 2.45) is 0 Å². The third kappa shape index (κ3) is 1.78. The zero-order chi connectivity index (χ0) is 15.3. The minimum atomic E-state index is -0.331. The summed E-state index contributed by atoms with van der Waals surface area (Å²) in [5.74, 6) is 1.27. The summed E-state index contributed by atoms with van der Waals surface area (Å²) in [6, 6.07) is 14.8. The van der Waals surface area contributed by atoms with Crippen LogP contribution in [0.1, 0.15) is 39.0 Å². The van der Waals surface area contributed by atoms with Crippen LogP contribution < -0.4 is 0 Å². The van der Waals surface area contributed by atoms with Gasteiger partial charge in [0.1, 0.15) is 4.87 Å². The number of carbonyl (C=O) groups excluding carboxylic acids is 1. The molecule has 4 rings (SSSR count). The predicted molar refractivity (Wildman–Crippen MR) is 91.2 cm³/mol. The van der Waals surface area contributed by atoms with Gasteiger partial charge in [0, 0.05) is 17.7 Å². The van der Waals surface area contributed by atoms with E-state index in [1.807, 2.05) is 23.9 Å². The molecule has 0 N–H and O–H groups in total. The van der Waals surface area contributed by atoms with Gasteiger partial charge in [0.25, 0.3) is 5.91 Å². The fourth-order valence-electron chi connectivity index (χ4n) is 3.82. The van der Waals surface area contributed by atoms with Gasteiger partial charge >= 0.3 is 0 Å². The number of benzene rings is 2. The fraction of sp³-hybridized carbons (Fsp3) is 0.316. The Kier molecular flexibility index (Phi) is 3.08. The third-order valence-corrected chi connectivity index (χ3v) is 6.18. The molecule has 1 saturated heterocycles. The lowest BCUT2D eigenvalue weighted by atomic mass is 9.94. The first-order valence-corrected chi connectivity index (χ1v) is 8.76. The molecule has 2 aliphatic rings. The van der Waals surface area contributed by atoms with Gasteiger partial charge in [-0.1, -0.05) is 47.5 Å². The van der Waals surface area contributed by atoms with Crippen LogP contribution in [-0.4, -0.2) is 23.1 Å². The Morgan fingerprint density at radius 3 is 2.59 bits per heavy atom. The Hall–Kier alpha value is -1.74. The molecule has 112 valence electrons. The number of nitrogens with zero attached hydrogens (tertiary/aromatic N) is 1. The number of rotatable bonds is 1. The van der Waals surface area contributed by atoms with Gasteiger partial charge in [-0.05, 0) is 37.7 Å². The average molecular weight is 309 g/mol. The van der Waals surface area contributed by atoms with E-state index in [0.29, 0.717) is 0 Å². The lowest BCUT2D eigenvalue weighted by molar-refractivity contribution is 0.0716. The number of fused-ring (bicyclic) bond motifs is 3. The van der Waals surface area contributed by atoms with E-state index in [-0.39, 0.29) is 10.8 Å². The van der Waals surface area contributed by atoms with Crippen molar-refractivity contribution in [3.8, 4) is 0 Å². The molecule has 1 amide bonds. The van der Waals surface area contributed by atoms with Crippen molar-refractivity contribution in [3.63, 3.8) is 0 Å². The van der Waals surface area contributed by atoms with Gasteiger partial charge in [0.05, 0.1) is 0 Å². The average Bonchev–Trinajstić information content (AvgIpc) is 2.78. The summed E-state index contributed by atoms with van der Waals surface area (Å²) >= 11 is 1.90. The molecule has 0 radical (unpaired) electrons. The molecule has 0 spiro atoms. The molecule has 0 bridgehead atoms. The third-order valence-electron chi connectivity index (χ3n) is 4.60. The first-order chi connectivity index (χ1) is 10.6. The summed E-state index contributed by atoms with van der Waals surface area (Å²) in [6.07, 6.45) is 1.07. The van der Waals surface area contributed by atoms with E-state index < -0.39 is 0 Å². The molecular formula is C19H19NOS. The SMILES string of the molecule is Cc1cc(C)cc(C23SCCCN2C(=O)c2ccccc23)c1. The molecule has 1 unspecified atom stereocenters. The molecule has 2 nitrogen and oxygen atoms in total. The Balaban J connectivity index is 2.01. The fourth-order valence-corrected chi connectivity index (χ4v) is 5.34. The summed E-state index contributed by atoms with van der Waals surface area (Å²) < 4.78 is 0. The topological polar surface area (TPSA) is 20.3 Å². The summed E-state index contributed by atoms with van der Waals surface area (Å²) in [5.41, 5.74) is 5.79. The maximum absolute atomic E-state index is 12.9. The van der Waals surface area contributed by atoms with E-state index in [0.717, 1.165) is 29.8 Å². The van der Waals surface area contributed by atoms with Crippen LogP contribution in [0.25, 0.3) is 0 Å². The molecule has 2 aromatic carbocycles. The monoisotopic (exact) mass is 309 g/mol. The van der Waals surface area contributed by atoms with Crippen LogP contribution in [0.15, 0.2) is 42.5 Å². The largest absolute Gasteiger partial charge is 0.316 e. The molecule has 3 heteroatoms. The molecule has 2 heterocycles. The van der Waals surface area contributed by atoms with Crippen LogP contribution in [0.3, 0.4) is 0 Å². The number of hydrogen-bond acceptors (Lipinski definition) is 2. The molecule has 1 fully saturated rings. The van der Waals surface area contributed by atoms with Crippen LogP contribution in [-0.2, 0) is 4.87 Å². The zero-order valence-corrected chi connectivity index (χ0v) is 13.7. The Morgan fingerprint density at radius 1 is 1.09 bits per heavy atom. The van der Waals surface area contributed by atoms with Crippen molar-refractivity contribution in [1.82, 2.24) is 4.90 Å². The smallest absolute Gasteiger partial charge is 0.255 e. The number of amides is 1. The minimum Gasteiger partial charge on any atom is -0.316 e. The molecule has 0 saturated carbocycles. The summed E-state index contributed by atoms with van der Waals surface area (Å²) in [7, 11) is 0. The summed E-state index contributed by atoms with van der Waals surface area (Å²) in [4.78, 5) is 14.6. The molecule has 0 aliphatic carbocycles. The number of hydrogen-bond donors (Lipinski definition) is 0. The van der Waals surface area contributed by atoms with E-state index >= 15 is 0 Å². The molecule has 22 heavy (non-hydrogen) atoms. The molecule has 2 aromatic rings. The van der Waals surface area contributed by atoms with Crippen molar-refractivity contribution in [2.75, 3.05) is 12.3 Å². The van der Waals surface area contributed by atoms with Gasteiger partial charge in [-0.3, -0.25) is 4.79 Å². The highest BCUT2D eigenvalue weighted by Crippen LogP contribution is 2.54. The molecule has 1 atom stereocenters. The Morgan fingerprint density at radius 2 is 1.82 bits per heavy atom. The van der Waals surface area contributed by atoms with E-state index in [4.69, 9.17) is 0 Å². The van der Waals surface area contributed by atoms with E-state index in [2.05, 4.69) is 49.1 Å². The van der Waals surface area contributed by atoms with E-state index in [1.165, 1.54) is 16.7 Å². The lowest BCUT2D eigenvalue weighted by Gasteiger charge is -2.43. The van der Waals surface area contributed by atoms with Crippen LogP contribution in [0.4, 0.5) is 0 Å². The Labute approximate surface area is 135 Å². The highest BCUT2D eigenvalue weighted by molar-refractivity contribution is 8.00. The van der Waals surface area contributed by atoms with Crippen LogP contribution in [0.2, 0.25) is 0 Å². The standard InChI is InChI=1S/C19H19NOS/c1-13-10-14(2)12-15(11-13)19-17-7-4-3-6-16(17)18(21)20(19)8-5-9-22-19/h3-4,6-7,10-12H,5,8-9H2,1-2H3. The summed E-state index contributed by atoms with van der Waals surface area (Å²) in [5, 5.41) is 0. The summed E-state index contributed by atoms with van der Waals surface area (Å²) in [6.45, 7) is 5.11. The van der Waals surface area contributed by atoms with Crippen molar-refractivity contribution in [1.29, 1.82) is 0 Å². The molecule has 0 aromatic heterocycles. The van der Waals surface area contributed by atoms with E-state index in [1.54, 1.807) is 0 Å². The maximum Gasteiger partial charge on any atom is 0.255 e. The predicted octanol–water partition coefficient (Wildman–Crippen LogP) is 4.10. The Bertz CT molecular complexity index is 750. The van der Waals surface area contributed by atoms with Gasteiger partial charge in [-0.15, -0.1) is 11.8 Å². The highest BCUT2D eigenvalue weighted by atomic mass is 32.2. The number of thioether (sulfide) groups is 1. The second-order valence-electron chi connectivity index (χ2n) is 6.22. The normalized spacial score (nSPS) is 23.4. The number of aryl methyl sites for hydroxylation is 2. The van der Waals surface area contributed by atoms with Crippen molar-refractivity contribution >= 4 is 17.7 Å². The lowest BCUT2D eigenvalue weighted by Crippen LogP contribution is -2.46. The van der Waals surface area contributed by atoms with Crippen molar-refractivity contribution in [2.45, 2.75) is 25.1 Å². The van der Waals surface area contributed by atoms with Crippen LogP contribution in [0.5, 0.6) is 0 Å². The molecular weight excluding hydrogens is 290 g/mol. The second kappa shape index (κ2) is 4.88. The van der Waals surface area contributed by atoms with Crippen LogP contribution in [0, 0.1) is 13.8 Å². The first-order valence-electron chi connectivity index (χ1n) is 7.77. The maximum atomic E-state index is 12.9. The minimum absolute atomic E-state index is 0.182. The highest BCUT2D eigenvalue weighted by Gasteiger charge is 2.52. The second-order valence-corrected chi connectivity index (χ2v) is 7.51. The van der Waals surface area contributed by atoms with Gasteiger partial charge in [-0.2, -0.15) is 0 Å². The van der Waals surface area contributed by atoms with Crippen molar-refractivity contribution < 1.29 is 4.79 Å². The van der Waals surface area contributed by atoms with Gasteiger partial charge in [0.2, 0.25) is 0 Å². The van der Waals surface area contributed by atoms with Crippen LogP contribution >= 0.6 is 11.8 Å². The quantitative estimate of drug-likeness (QED) is 0.790. The van der Waals surface area contributed by atoms with E-state index in [9.17, 15) is 4.79 Å². The van der Waals surface area contributed by atoms with Gasteiger partial charge < -0.3 is 4.90 Å². The first kappa shape index (κ1) is 13.9. The zero-order valence-electron chi connectivity index (χ0n) is 12.9. The molecule has 2 aliphatic heterocycles. The van der Waals surface area contributed by atoms with Gasteiger partial charge in [0.15, 0.2) is 0 Å². The van der Waals surface area contributed by atoms with Gasteiger partial charge in [-0.25, -0.2) is 0 Å². The number of carbonyl (C=O) groups is 1.